The minimum atomic E-state index is 0.299. The summed E-state index contributed by atoms with van der Waals surface area (Å²) in [7, 11) is 6.33. The SMILES string of the molecule is C=C(c1cc(OC)c(OC)c(OC)c1)c1nc2c(N)ncnc2n1Cc1ccc(OC)cc1. The molecule has 4 aromatic rings. The van der Waals surface area contributed by atoms with E-state index in [-0.39, 0.29) is 0 Å². The van der Waals surface area contributed by atoms with Crippen molar-refractivity contribution in [3.05, 3.63) is 66.3 Å². The van der Waals surface area contributed by atoms with E-state index >= 15 is 0 Å². The molecule has 0 saturated heterocycles. The second kappa shape index (κ2) is 9.07. The average molecular weight is 447 g/mol. The highest BCUT2D eigenvalue weighted by Crippen LogP contribution is 2.41. The van der Waals surface area contributed by atoms with Gasteiger partial charge in [-0.3, -0.25) is 0 Å². The van der Waals surface area contributed by atoms with Gasteiger partial charge in [-0.05, 0) is 35.4 Å². The fraction of sp³-hybridized carbons (Fsp3) is 0.208. The van der Waals surface area contributed by atoms with E-state index in [1.165, 1.54) is 6.33 Å². The molecule has 33 heavy (non-hydrogen) atoms. The highest BCUT2D eigenvalue weighted by molar-refractivity contribution is 5.87. The Morgan fingerprint density at radius 2 is 1.61 bits per heavy atom. The van der Waals surface area contributed by atoms with Gasteiger partial charge < -0.3 is 29.2 Å². The molecule has 9 nitrogen and oxygen atoms in total. The molecule has 0 saturated carbocycles. The number of nitrogens with zero attached hydrogens (tertiary/aromatic N) is 4. The third-order valence-electron chi connectivity index (χ3n) is 5.34. The smallest absolute Gasteiger partial charge is 0.203 e. The van der Waals surface area contributed by atoms with Gasteiger partial charge in [0.25, 0.3) is 0 Å². The summed E-state index contributed by atoms with van der Waals surface area (Å²) in [6.45, 7) is 4.81. The van der Waals surface area contributed by atoms with Gasteiger partial charge in [0.15, 0.2) is 28.5 Å². The summed E-state index contributed by atoms with van der Waals surface area (Å²) in [4.78, 5) is 13.3. The van der Waals surface area contributed by atoms with Gasteiger partial charge in [0.1, 0.15) is 17.9 Å². The molecule has 0 bridgehead atoms. The summed E-state index contributed by atoms with van der Waals surface area (Å²) < 4.78 is 23.7. The molecule has 2 aromatic carbocycles. The highest BCUT2D eigenvalue weighted by atomic mass is 16.5. The van der Waals surface area contributed by atoms with Gasteiger partial charge in [-0.2, -0.15) is 0 Å². The molecule has 0 radical (unpaired) electrons. The molecule has 0 unspecified atom stereocenters. The van der Waals surface area contributed by atoms with Gasteiger partial charge in [-0.1, -0.05) is 18.7 Å². The zero-order valence-corrected chi connectivity index (χ0v) is 19.0. The van der Waals surface area contributed by atoms with Crippen LogP contribution in [0.4, 0.5) is 5.82 Å². The molecule has 9 heteroatoms. The quantitative estimate of drug-likeness (QED) is 0.437. The summed E-state index contributed by atoms with van der Waals surface area (Å²) >= 11 is 0. The first-order valence-corrected chi connectivity index (χ1v) is 10.1. The molecule has 0 fully saturated rings. The maximum Gasteiger partial charge on any atom is 0.203 e. The van der Waals surface area contributed by atoms with Gasteiger partial charge in [0, 0.05) is 5.57 Å². The van der Waals surface area contributed by atoms with Gasteiger partial charge in [0.2, 0.25) is 5.75 Å². The first-order chi connectivity index (χ1) is 16.0. The Balaban J connectivity index is 1.85. The van der Waals surface area contributed by atoms with E-state index in [2.05, 4.69) is 16.5 Å². The fourth-order valence-corrected chi connectivity index (χ4v) is 3.63. The average Bonchev–Trinajstić information content (AvgIpc) is 3.22. The summed E-state index contributed by atoms with van der Waals surface area (Å²) in [6.07, 6.45) is 1.43. The molecule has 2 aromatic heterocycles. The van der Waals surface area contributed by atoms with Crippen LogP contribution in [-0.4, -0.2) is 48.0 Å². The molecular formula is C24H25N5O4. The topological polar surface area (TPSA) is 107 Å². The molecule has 2 N–H and O–H groups in total. The summed E-state index contributed by atoms with van der Waals surface area (Å²) in [5.41, 5.74) is 9.65. The van der Waals surface area contributed by atoms with E-state index in [4.69, 9.17) is 29.7 Å². The Kier molecular flexibility index (Phi) is 6.03. The first-order valence-electron chi connectivity index (χ1n) is 10.1. The number of hydrogen-bond acceptors (Lipinski definition) is 8. The van der Waals surface area contributed by atoms with Crippen LogP contribution >= 0.6 is 0 Å². The molecule has 2 heterocycles. The third kappa shape index (κ3) is 4.00. The van der Waals surface area contributed by atoms with Crippen LogP contribution < -0.4 is 24.7 Å². The summed E-state index contributed by atoms with van der Waals surface area (Å²) in [6, 6.07) is 11.4. The molecule has 170 valence electrons. The van der Waals surface area contributed by atoms with Crippen molar-refractivity contribution in [2.75, 3.05) is 34.2 Å². The third-order valence-corrected chi connectivity index (χ3v) is 5.34. The van der Waals surface area contributed by atoms with Crippen molar-refractivity contribution in [2.45, 2.75) is 6.54 Å². The van der Waals surface area contributed by atoms with E-state index in [1.807, 2.05) is 41.0 Å². The molecule has 0 amide bonds. The largest absolute Gasteiger partial charge is 0.497 e. The molecule has 0 aliphatic heterocycles. The van der Waals surface area contributed by atoms with Crippen molar-refractivity contribution >= 4 is 22.6 Å². The van der Waals surface area contributed by atoms with Crippen molar-refractivity contribution in [3.63, 3.8) is 0 Å². The first kappa shape index (κ1) is 21.9. The van der Waals surface area contributed by atoms with Gasteiger partial charge in [0.05, 0.1) is 35.0 Å². The van der Waals surface area contributed by atoms with Crippen LogP contribution in [0.2, 0.25) is 0 Å². The Hall–Kier alpha value is -4.27. The fourth-order valence-electron chi connectivity index (χ4n) is 3.63. The lowest BCUT2D eigenvalue weighted by Gasteiger charge is -2.16. The van der Waals surface area contributed by atoms with E-state index in [1.54, 1.807) is 28.4 Å². The van der Waals surface area contributed by atoms with Crippen LogP contribution in [0.3, 0.4) is 0 Å². The Bertz CT molecular complexity index is 1290. The van der Waals surface area contributed by atoms with E-state index in [0.717, 1.165) is 16.9 Å². The molecule has 0 spiro atoms. The van der Waals surface area contributed by atoms with Crippen LogP contribution in [0.5, 0.6) is 23.0 Å². The van der Waals surface area contributed by atoms with Gasteiger partial charge in [-0.25, -0.2) is 15.0 Å². The Labute approximate surface area is 191 Å². The standard InChI is InChI=1S/C24H25N5O4/c1-14(16-10-18(31-3)21(33-5)19(11-16)32-4)23-28-20-22(25)26-13-27-24(20)29(23)12-15-6-8-17(30-2)9-7-15/h6-11,13H,1,12H2,2-5H3,(H2,25,26,27). The molecular weight excluding hydrogens is 422 g/mol. The minimum Gasteiger partial charge on any atom is -0.497 e. The maximum atomic E-state index is 6.11. The number of methoxy groups -OCH3 is 4. The van der Waals surface area contributed by atoms with E-state index < -0.39 is 0 Å². The maximum absolute atomic E-state index is 6.11. The molecule has 0 aliphatic carbocycles. The lowest BCUT2D eigenvalue weighted by atomic mass is 10.0. The normalized spacial score (nSPS) is 10.8. The zero-order valence-electron chi connectivity index (χ0n) is 19.0. The predicted octanol–water partition coefficient (Wildman–Crippen LogP) is 3.55. The van der Waals surface area contributed by atoms with Crippen LogP contribution in [0, 0.1) is 0 Å². The second-order valence-corrected chi connectivity index (χ2v) is 7.19. The van der Waals surface area contributed by atoms with E-state index in [9.17, 15) is 0 Å². The zero-order chi connectivity index (χ0) is 23.5. The number of rotatable bonds is 8. The van der Waals surface area contributed by atoms with Crippen molar-refractivity contribution in [1.29, 1.82) is 0 Å². The van der Waals surface area contributed by atoms with Crippen LogP contribution in [0.15, 0.2) is 49.3 Å². The van der Waals surface area contributed by atoms with Gasteiger partial charge >= 0.3 is 0 Å². The highest BCUT2D eigenvalue weighted by Gasteiger charge is 2.21. The summed E-state index contributed by atoms with van der Waals surface area (Å²) in [5.74, 6) is 3.21. The van der Waals surface area contributed by atoms with Crippen LogP contribution in [0.1, 0.15) is 17.0 Å². The number of benzene rings is 2. The number of nitrogen functional groups attached to an aromatic ring is 1. The van der Waals surface area contributed by atoms with Crippen LogP contribution in [0.25, 0.3) is 16.7 Å². The number of aromatic nitrogens is 4. The summed E-state index contributed by atoms with van der Waals surface area (Å²) in [5, 5.41) is 0. The predicted molar refractivity (Wildman–Crippen MR) is 126 cm³/mol. The van der Waals surface area contributed by atoms with Crippen molar-refractivity contribution in [3.8, 4) is 23.0 Å². The number of nitrogens with two attached hydrogens (primary N) is 1. The minimum absolute atomic E-state index is 0.299. The van der Waals surface area contributed by atoms with E-state index in [0.29, 0.717) is 52.2 Å². The lowest BCUT2D eigenvalue weighted by molar-refractivity contribution is 0.324. The number of ether oxygens (including phenoxy) is 4. The lowest BCUT2D eigenvalue weighted by Crippen LogP contribution is -2.07. The number of hydrogen-bond donors (Lipinski definition) is 1. The van der Waals surface area contributed by atoms with Gasteiger partial charge in [-0.15, -0.1) is 0 Å². The molecule has 0 atom stereocenters. The number of imidazole rings is 1. The molecule has 0 aliphatic rings. The van der Waals surface area contributed by atoms with Crippen molar-refractivity contribution in [1.82, 2.24) is 19.5 Å². The Morgan fingerprint density at radius 3 is 2.18 bits per heavy atom. The van der Waals surface area contributed by atoms with Crippen molar-refractivity contribution in [2.24, 2.45) is 0 Å². The monoisotopic (exact) mass is 447 g/mol. The number of anilines is 1. The Morgan fingerprint density at radius 1 is 0.939 bits per heavy atom. The van der Waals surface area contributed by atoms with Crippen LogP contribution in [-0.2, 0) is 6.54 Å². The number of fused-ring (bicyclic) bond motifs is 1. The second-order valence-electron chi connectivity index (χ2n) is 7.19. The van der Waals surface area contributed by atoms with Crippen molar-refractivity contribution < 1.29 is 18.9 Å². The molecule has 4 rings (SSSR count).